The molecule has 0 unspecified atom stereocenters. The standard InChI is InChI=1S/C13H17ClN2O2/c14-12-7-9(13(15)17)5-6-10(12)8-16-18-11-3-1-2-4-11/h5-7,11,16H,1-4,8H2,(H2,15,17). The number of nitrogens with two attached hydrogens (primary N) is 1. The summed E-state index contributed by atoms with van der Waals surface area (Å²) in [6, 6.07) is 5.03. The first-order chi connectivity index (χ1) is 8.66. The van der Waals surface area contributed by atoms with Gasteiger partial charge < -0.3 is 5.73 Å². The Balaban J connectivity index is 1.87. The molecule has 1 aromatic carbocycles. The number of halogens is 1. The zero-order valence-corrected chi connectivity index (χ0v) is 10.9. The van der Waals surface area contributed by atoms with Gasteiger partial charge in [-0.1, -0.05) is 30.5 Å². The van der Waals surface area contributed by atoms with Crippen LogP contribution in [-0.4, -0.2) is 12.0 Å². The highest BCUT2D eigenvalue weighted by Gasteiger charge is 2.15. The first-order valence-corrected chi connectivity index (χ1v) is 6.51. The van der Waals surface area contributed by atoms with Crippen LogP contribution >= 0.6 is 11.6 Å². The lowest BCUT2D eigenvalue weighted by atomic mass is 10.1. The van der Waals surface area contributed by atoms with Gasteiger partial charge in [0.05, 0.1) is 6.10 Å². The summed E-state index contributed by atoms with van der Waals surface area (Å²) in [6.45, 7) is 0.522. The van der Waals surface area contributed by atoms with Crippen molar-refractivity contribution in [3.05, 3.63) is 34.3 Å². The van der Waals surface area contributed by atoms with E-state index in [0.29, 0.717) is 23.2 Å². The Kier molecular flexibility index (Phi) is 4.58. The quantitative estimate of drug-likeness (QED) is 0.806. The van der Waals surface area contributed by atoms with Crippen LogP contribution < -0.4 is 11.2 Å². The van der Waals surface area contributed by atoms with Crippen molar-refractivity contribution in [2.45, 2.75) is 38.3 Å². The van der Waals surface area contributed by atoms with Crippen LogP contribution in [0.15, 0.2) is 18.2 Å². The molecule has 1 fully saturated rings. The fourth-order valence-electron chi connectivity index (χ4n) is 2.09. The summed E-state index contributed by atoms with van der Waals surface area (Å²) >= 11 is 6.07. The molecule has 4 nitrogen and oxygen atoms in total. The van der Waals surface area contributed by atoms with E-state index >= 15 is 0 Å². The minimum Gasteiger partial charge on any atom is -0.366 e. The Morgan fingerprint density at radius 3 is 2.78 bits per heavy atom. The maximum atomic E-state index is 11.0. The molecule has 0 heterocycles. The van der Waals surface area contributed by atoms with Gasteiger partial charge in [0.15, 0.2) is 0 Å². The smallest absolute Gasteiger partial charge is 0.248 e. The lowest BCUT2D eigenvalue weighted by Gasteiger charge is -2.12. The van der Waals surface area contributed by atoms with Crippen molar-refractivity contribution < 1.29 is 9.63 Å². The van der Waals surface area contributed by atoms with E-state index < -0.39 is 5.91 Å². The number of benzene rings is 1. The number of carbonyl (C=O) groups is 1. The number of hydroxylamine groups is 1. The molecule has 1 aliphatic rings. The predicted molar refractivity (Wildman–Crippen MR) is 70.2 cm³/mol. The molecule has 0 saturated heterocycles. The molecule has 18 heavy (non-hydrogen) atoms. The molecule has 3 N–H and O–H groups in total. The summed E-state index contributed by atoms with van der Waals surface area (Å²) in [5, 5.41) is 0.522. The van der Waals surface area contributed by atoms with Gasteiger partial charge in [0.1, 0.15) is 0 Å². The van der Waals surface area contributed by atoms with Crippen LogP contribution in [0.4, 0.5) is 0 Å². The Morgan fingerprint density at radius 2 is 2.17 bits per heavy atom. The SMILES string of the molecule is NC(=O)c1ccc(CNOC2CCCC2)c(Cl)c1. The summed E-state index contributed by atoms with van der Waals surface area (Å²) in [7, 11) is 0. The maximum Gasteiger partial charge on any atom is 0.248 e. The van der Waals surface area contributed by atoms with Gasteiger partial charge in [0, 0.05) is 17.1 Å². The van der Waals surface area contributed by atoms with Gasteiger partial charge in [0.25, 0.3) is 0 Å². The third kappa shape index (κ3) is 3.45. The van der Waals surface area contributed by atoms with E-state index in [1.165, 1.54) is 12.8 Å². The average molecular weight is 269 g/mol. The number of rotatable bonds is 5. The minimum absolute atomic E-state index is 0.314. The molecule has 0 bridgehead atoms. The summed E-state index contributed by atoms with van der Waals surface area (Å²) in [5.41, 5.74) is 9.42. The highest BCUT2D eigenvalue weighted by molar-refractivity contribution is 6.31. The van der Waals surface area contributed by atoms with Crippen molar-refractivity contribution in [2.24, 2.45) is 5.73 Å². The van der Waals surface area contributed by atoms with E-state index in [4.69, 9.17) is 22.2 Å². The fraction of sp³-hybridized carbons (Fsp3) is 0.462. The Morgan fingerprint density at radius 1 is 1.44 bits per heavy atom. The average Bonchev–Trinajstić information content (AvgIpc) is 2.84. The summed E-state index contributed by atoms with van der Waals surface area (Å²) in [5.74, 6) is -0.474. The van der Waals surface area contributed by atoms with Crippen LogP contribution in [0.1, 0.15) is 41.6 Å². The van der Waals surface area contributed by atoms with Crippen LogP contribution in [0.5, 0.6) is 0 Å². The Labute approximate surface area is 111 Å². The maximum absolute atomic E-state index is 11.0. The molecule has 0 spiro atoms. The van der Waals surface area contributed by atoms with Gasteiger partial charge in [0.2, 0.25) is 5.91 Å². The fourth-order valence-corrected chi connectivity index (χ4v) is 2.33. The zero-order valence-electron chi connectivity index (χ0n) is 10.1. The van der Waals surface area contributed by atoms with Crippen LogP contribution in [0.25, 0.3) is 0 Å². The molecular formula is C13H17ClN2O2. The van der Waals surface area contributed by atoms with E-state index in [2.05, 4.69) is 5.48 Å². The molecule has 5 heteroatoms. The molecule has 0 radical (unpaired) electrons. The van der Waals surface area contributed by atoms with Crippen molar-refractivity contribution in [3.8, 4) is 0 Å². The Bertz CT molecular complexity index is 431. The molecule has 2 rings (SSSR count). The lowest BCUT2D eigenvalue weighted by molar-refractivity contribution is -0.0244. The van der Waals surface area contributed by atoms with Crippen molar-refractivity contribution in [1.29, 1.82) is 0 Å². The topological polar surface area (TPSA) is 64.4 Å². The van der Waals surface area contributed by atoms with E-state index in [9.17, 15) is 4.79 Å². The molecule has 1 saturated carbocycles. The van der Waals surface area contributed by atoms with E-state index in [1.54, 1.807) is 18.2 Å². The number of nitrogens with one attached hydrogen (secondary N) is 1. The largest absolute Gasteiger partial charge is 0.366 e. The molecular weight excluding hydrogens is 252 g/mol. The first-order valence-electron chi connectivity index (χ1n) is 6.13. The van der Waals surface area contributed by atoms with Crippen molar-refractivity contribution in [2.75, 3.05) is 0 Å². The number of primary amides is 1. The molecule has 1 amide bonds. The number of hydrogen-bond donors (Lipinski definition) is 2. The number of amides is 1. The normalized spacial score (nSPS) is 16.1. The van der Waals surface area contributed by atoms with Crippen LogP contribution in [0, 0.1) is 0 Å². The van der Waals surface area contributed by atoms with Gasteiger partial charge in [-0.2, -0.15) is 5.48 Å². The van der Waals surface area contributed by atoms with Gasteiger partial charge >= 0.3 is 0 Å². The molecule has 1 aliphatic carbocycles. The summed E-state index contributed by atoms with van der Waals surface area (Å²) < 4.78 is 0. The number of carbonyl (C=O) groups excluding carboxylic acids is 1. The Hall–Kier alpha value is -1.10. The van der Waals surface area contributed by atoms with Gasteiger partial charge in [-0.3, -0.25) is 9.63 Å². The molecule has 0 aromatic heterocycles. The molecule has 0 atom stereocenters. The summed E-state index contributed by atoms with van der Waals surface area (Å²) in [4.78, 5) is 16.5. The third-order valence-electron chi connectivity index (χ3n) is 3.15. The van der Waals surface area contributed by atoms with Crippen LogP contribution in [0.2, 0.25) is 5.02 Å². The van der Waals surface area contributed by atoms with Crippen LogP contribution in [-0.2, 0) is 11.4 Å². The van der Waals surface area contributed by atoms with Crippen molar-refractivity contribution in [1.82, 2.24) is 5.48 Å². The second-order valence-electron chi connectivity index (χ2n) is 4.52. The van der Waals surface area contributed by atoms with Crippen LogP contribution in [0.3, 0.4) is 0 Å². The van der Waals surface area contributed by atoms with E-state index in [0.717, 1.165) is 18.4 Å². The van der Waals surface area contributed by atoms with Gasteiger partial charge in [-0.25, -0.2) is 0 Å². The third-order valence-corrected chi connectivity index (χ3v) is 3.50. The first kappa shape index (κ1) is 13.3. The lowest BCUT2D eigenvalue weighted by Crippen LogP contribution is -2.21. The van der Waals surface area contributed by atoms with E-state index in [1.807, 2.05) is 0 Å². The van der Waals surface area contributed by atoms with Gasteiger partial charge in [-0.15, -0.1) is 0 Å². The zero-order chi connectivity index (χ0) is 13.0. The second-order valence-corrected chi connectivity index (χ2v) is 4.92. The number of hydrogen-bond acceptors (Lipinski definition) is 3. The van der Waals surface area contributed by atoms with E-state index in [-0.39, 0.29) is 0 Å². The highest BCUT2D eigenvalue weighted by atomic mass is 35.5. The highest BCUT2D eigenvalue weighted by Crippen LogP contribution is 2.21. The molecule has 98 valence electrons. The summed E-state index contributed by atoms with van der Waals surface area (Å²) in [6.07, 6.45) is 5.01. The molecule has 1 aromatic rings. The second kappa shape index (κ2) is 6.18. The van der Waals surface area contributed by atoms with Crippen molar-refractivity contribution in [3.63, 3.8) is 0 Å². The molecule has 0 aliphatic heterocycles. The monoisotopic (exact) mass is 268 g/mol. The van der Waals surface area contributed by atoms with Crippen molar-refractivity contribution >= 4 is 17.5 Å². The predicted octanol–water partition coefficient (Wildman–Crippen LogP) is 2.40. The minimum atomic E-state index is -0.474. The van der Waals surface area contributed by atoms with Gasteiger partial charge in [-0.05, 0) is 30.5 Å².